The number of ether oxygens (including phenoxy) is 2. The molecular formula is C25H32N6O2. The molecule has 8 nitrogen and oxygen atoms in total. The van der Waals surface area contributed by atoms with Gasteiger partial charge in [0.05, 0.1) is 19.2 Å². The second-order valence-electron chi connectivity index (χ2n) is 8.39. The number of hydrogen-bond acceptors (Lipinski definition) is 5. The lowest BCUT2D eigenvalue weighted by Gasteiger charge is -2.28. The maximum absolute atomic E-state index is 6.09. The van der Waals surface area contributed by atoms with Crippen LogP contribution in [0.25, 0.3) is 0 Å². The lowest BCUT2D eigenvalue weighted by atomic mass is 10.0. The van der Waals surface area contributed by atoms with Crippen LogP contribution in [-0.4, -0.2) is 40.0 Å². The van der Waals surface area contributed by atoms with Crippen LogP contribution in [0.15, 0.2) is 53.5 Å². The number of nitrogens with one attached hydrogen (secondary N) is 2. The number of nitrogens with zero attached hydrogens (tertiary/aromatic N) is 4. The normalized spacial score (nSPS) is 16.5. The molecule has 8 heteroatoms. The summed E-state index contributed by atoms with van der Waals surface area (Å²) < 4.78 is 13.9. The van der Waals surface area contributed by atoms with Crippen molar-refractivity contribution in [1.82, 2.24) is 25.4 Å². The fourth-order valence-electron chi connectivity index (χ4n) is 3.75. The Kier molecular flexibility index (Phi) is 7.12. The average Bonchev–Trinajstić information content (AvgIpc) is 3.13. The highest BCUT2D eigenvalue weighted by atomic mass is 16.5. The molecule has 0 radical (unpaired) electrons. The van der Waals surface area contributed by atoms with Crippen LogP contribution in [0.1, 0.15) is 42.2 Å². The van der Waals surface area contributed by atoms with Crippen LogP contribution in [0.4, 0.5) is 0 Å². The van der Waals surface area contributed by atoms with Crippen molar-refractivity contribution in [2.24, 2.45) is 12.0 Å². The summed E-state index contributed by atoms with van der Waals surface area (Å²) in [6, 6.07) is 16.3. The van der Waals surface area contributed by atoms with E-state index in [4.69, 9.17) is 14.5 Å². The van der Waals surface area contributed by atoms with Gasteiger partial charge in [-0.3, -0.25) is 0 Å². The summed E-state index contributed by atoms with van der Waals surface area (Å²) >= 11 is 0. The zero-order valence-corrected chi connectivity index (χ0v) is 19.7. The number of hydrogen-bond donors (Lipinski definition) is 2. The number of aryl methyl sites for hydroxylation is 2. The van der Waals surface area contributed by atoms with Crippen molar-refractivity contribution in [3.63, 3.8) is 0 Å². The second kappa shape index (κ2) is 10.4. The van der Waals surface area contributed by atoms with E-state index in [0.717, 1.165) is 35.1 Å². The third-order valence-corrected chi connectivity index (χ3v) is 5.71. The first-order valence-electron chi connectivity index (χ1n) is 11.3. The molecule has 174 valence electrons. The van der Waals surface area contributed by atoms with Crippen LogP contribution >= 0.6 is 0 Å². The lowest BCUT2D eigenvalue weighted by Crippen LogP contribution is -2.44. The Morgan fingerprint density at radius 1 is 1.21 bits per heavy atom. The molecule has 0 saturated carbocycles. The predicted octanol–water partition coefficient (Wildman–Crippen LogP) is 3.46. The average molecular weight is 449 g/mol. The smallest absolute Gasteiger partial charge is 0.192 e. The van der Waals surface area contributed by atoms with Gasteiger partial charge in [0.1, 0.15) is 30.0 Å². The fraction of sp³-hybridized carbons (Fsp3) is 0.400. The molecule has 33 heavy (non-hydrogen) atoms. The number of aromatic nitrogens is 3. The van der Waals surface area contributed by atoms with Crippen molar-refractivity contribution < 1.29 is 9.47 Å². The molecule has 0 amide bonds. The molecule has 2 N–H and O–H groups in total. The second-order valence-corrected chi connectivity index (χ2v) is 8.39. The van der Waals surface area contributed by atoms with Gasteiger partial charge in [-0.1, -0.05) is 30.3 Å². The van der Waals surface area contributed by atoms with Gasteiger partial charge < -0.3 is 24.7 Å². The van der Waals surface area contributed by atoms with Crippen LogP contribution in [0, 0.1) is 13.8 Å². The van der Waals surface area contributed by atoms with Crippen molar-refractivity contribution in [3.8, 4) is 11.5 Å². The summed E-state index contributed by atoms with van der Waals surface area (Å²) in [5, 5.41) is 15.4. The van der Waals surface area contributed by atoms with Gasteiger partial charge in [-0.05, 0) is 44.5 Å². The number of para-hydroxylation sites is 1. The van der Waals surface area contributed by atoms with Crippen LogP contribution in [-0.2, 0) is 13.6 Å². The highest BCUT2D eigenvalue weighted by Crippen LogP contribution is 2.31. The summed E-state index contributed by atoms with van der Waals surface area (Å²) in [6.07, 6.45) is 0.814. The lowest BCUT2D eigenvalue weighted by molar-refractivity contribution is 0.223. The quantitative estimate of drug-likeness (QED) is 0.425. The number of aliphatic imine (C=N–C) groups is 1. The largest absolute Gasteiger partial charge is 0.493 e. The molecule has 2 unspecified atom stereocenters. The predicted molar refractivity (Wildman–Crippen MR) is 129 cm³/mol. The van der Waals surface area contributed by atoms with Gasteiger partial charge in [-0.2, -0.15) is 0 Å². The molecule has 0 bridgehead atoms. The van der Waals surface area contributed by atoms with Gasteiger partial charge >= 0.3 is 0 Å². The molecule has 1 aromatic heterocycles. The maximum Gasteiger partial charge on any atom is 0.192 e. The van der Waals surface area contributed by atoms with Gasteiger partial charge in [0.15, 0.2) is 11.8 Å². The van der Waals surface area contributed by atoms with Crippen LogP contribution in [0.5, 0.6) is 11.5 Å². The molecule has 0 aliphatic carbocycles. The first-order chi connectivity index (χ1) is 16.0. The first kappa shape index (κ1) is 22.6. The number of fused-ring (bicyclic) bond motifs is 1. The number of rotatable bonds is 7. The van der Waals surface area contributed by atoms with Crippen LogP contribution in [0.2, 0.25) is 0 Å². The fourth-order valence-corrected chi connectivity index (χ4v) is 3.75. The molecule has 1 aliphatic rings. The Morgan fingerprint density at radius 2 is 2.06 bits per heavy atom. The van der Waals surface area contributed by atoms with Gasteiger partial charge in [0.25, 0.3) is 0 Å². The molecular weight excluding hydrogens is 416 g/mol. The Morgan fingerprint density at radius 3 is 2.85 bits per heavy atom. The Hall–Kier alpha value is -3.55. The first-order valence-corrected chi connectivity index (χ1v) is 11.3. The minimum atomic E-state index is -0.0437. The van der Waals surface area contributed by atoms with Crippen molar-refractivity contribution in [2.75, 3.05) is 13.2 Å². The van der Waals surface area contributed by atoms with E-state index in [1.165, 1.54) is 5.56 Å². The van der Waals surface area contributed by atoms with E-state index in [1.54, 1.807) is 0 Å². The van der Waals surface area contributed by atoms with E-state index < -0.39 is 0 Å². The zero-order chi connectivity index (χ0) is 23.2. The van der Waals surface area contributed by atoms with E-state index in [-0.39, 0.29) is 12.1 Å². The molecule has 2 atom stereocenters. The molecule has 0 saturated heterocycles. The van der Waals surface area contributed by atoms with Crippen molar-refractivity contribution in [1.29, 1.82) is 0 Å². The summed E-state index contributed by atoms with van der Waals surface area (Å²) in [6.45, 7) is 7.72. The summed E-state index contributed by atoms with van der Waals surface area (Å²) in [7, 11) is 1.95. The van der Waals surface area contributed by atoms with Crippen molar-refractivity contribution >= 4 is 5.96 Å². The van der Waals surface area contributed by atoms with E-state index in [1.807, 2.05) is 61.9 Å². The van der Waals surface area contributed by atoms with E-state index >= 15 is 0 Å². The number of guanidine groups is 1. The minimum Gasteiger partial charge on any atom is -0.493 e. The maximum atomic E-state index is 6.09. The standard InChI is InChI=1S/C25H32N6O2/c1-17-8-7-9-20(14-17)33-18(2)15-26-25(27-16-24-30-29-19(3)31(24)4)28-22-12-13-32-23-11-6-5-10-21(22)23/h5-11,14,18,22H,12-13,15-16H2,1-4H3,(H2,26,27,28). The molecule has 0 spiro atoms. The molecule has 2 heterocycles. The van der Waals surface area contributed by atoms with Crippen LogP contribution in [0.3, 0.4) is 0 Å². The monoisotopic (exact) mass is 448 g/mol. The van der Waals surface area contributed by atoms with Gasteiger partial charge in [-0.25, -0.2) is 4.99 Å². The van der Waals surface area contributed by atoms with Crippen molar-refractivity contribution in [2.45, 2.75) is 45.9 Å². The molecule has 2 aromatic carbocycles. The van der Waals surface area contributed by atoms with Gasteiger partial charge in [0, 0.05) is 19.0 Å². The Labute approximate surface area is 195 Å². The Balaban J connectivity index is 1.46. The minimum absolute atomic E-state index is 0.0437. The van der Waals surface area contributed by atoms with Crippen molar-refractivity contribution in [3.05, 3.63) is 71.3 Å². The molecule has 1 aliphatic heterocycles. The summed E-state index contributed by atoms with van der Waals surface area (Å²) in [5.74, 6) is 4.16. The highest BCUT2D eigenvalue weighted by Gasteiger charge is 2.22. The number of benzene rings is 2. The third kappa shape index (κ3) is 5.83. The molecule has 3 aromatic rings. The zero-order valence-electron chi connectivity index (χ0n) is 19.7. The SMILES string of the molecule is Cc1cccc(OC(C)CNC(=NCc2nnc(C)n2C)NC2CCOc3ccccc32)c1. The van der Waals surface area contributed by atoms with E-state index in [9.17, 15) is 0 Å². The highest BCUT2D eigenvalue weighted by molar-refractivity contribution is 5.80. The summed E-state index contributed by atoms with van der Waals surface area (Å²) in [5.41, 5.74) is 2.31. The molecule has 4 rings (SSSR count). The molecule has 0 fully saturated rings. The van der Waals surface area contributed by atoms with Gasteiger partial charge in [0.2, 0.25) is 0 Å². The Bertz CT molecular complexity index is 1110. The van der Waals surface area contributed by atoms with E-state index in [2.05, 4.69) is 39.9 Å². The van der Waals surface area contributed by atoms with Gasteiger partial charge in [-0.15, -0.1) is 10.2 Å². The topological polar surface area (TPSA) is 85.6 Å². The van der Waals surface area contributed by atoms with Crippen LogP contribution < -0.4 is 20.1 Å². The summed E-state index contributed by atoms with van der Waals surface area (Å²) in [4.78, 5) is 4.80. The van der Waals surface area contributed by atoms with E-state index in [0.29, 0.717) is 25.7 Å². The third-order valence-electron chi connectivity index (χ3n) is 5.71.